The number of aryl methyl sites for hydroxylation is 2. The Kier molecular flexibility index (Phi) is 5.54. The fourth-order valence-electron chi connectivity index (χ4n) is 3.87. The van der Waals surface area contributed by atoms with E-state index < -0.39 is 6.04 Å². The minimum atomic E-state index is -0.891. The molecule has 0 unspecified atom stereocenters. The summed E-state index contributed by atoms with van der Waals surface area (Å²) in [6.07, 6.45) is -0.0601. The van der Waals surface area contributed by atoms with Crippen LogP contribution in [0.2, 0.25) is 0 Å². The molecule has 1 aromatic heterocycles. The minimum Gasteiger partial charge on any atom is -0.361 e. The van der Waals surface area contributed by atoms with E-state index in [2.05, 4.69) is 20.7 Å². The molecule has 9 heteroatoms. The second-order valence-corrected chi connectivity index (χ2v) is 7.72. The molecule has 3 amide bonds. The first-order valence-electron chi connectivity index (χ1n) is 10.0. The zero-order valence-electron chi connectivity index (χ0n) is 17.1. The highest BCUT2D eigenvalue weighted by Gasteiger charge is 2.31. The number of hydrogen-bond donors (Lipinski definition) is 2. The highest BCUT2D eigenvalue weighted by molar-refractivity contribution is 6.10. The van der Waals surface area contributed by atoms with Gasteiger partial charge in [0.15, 0.2) is 0 Å². The number of piperazine rings is 1. The van der Waals surface area contributed by atoms with E-state index in [1.807, 2.05) is 13.8 Å². The standard InChI is InChI=1S/C21H25N5O4/c1-13-16(14(2)30-24-13)12-25-7-9-26(10-8-25)19(27)11-18-21(29)22-17-6-4-3-5-15(17)20(28)23-18/h3-6,18H,7-12H2,1-2H3,(H,22,29)(H,23,28)/t18-/m1/s1. The molecule has 30 heavy (non-hydrogen) atoms. The van der Waals surface area contributed by atoms with Crippen molar-refractivity contribution >= 4 is 23.4 Å². The quantitative estimate of drug-likeness (QED) is 0.780. The number of carbonyl (C=O) groups is 3. The molecular formula is C21H25N5O4. The maximum atomic E-state index is 12.8. The van der Waals surface area contributed by atoms with Crippen LogP contribution in [0, 0.1) is 13.8 Å². The van der Waals surface area contributed by atoms with Crippen molar-refractivity contribution in [3.05, 3.63) is 46.8 Å². The van der Waals surface area contributed by atoms with Gasteiger partial charge in [-0.1, -0.05) is 17.3 Å². The summed E-state index contributed by atoms with van der Waals surface area (Å²) in [5.41, 5.74) is 2.84. The molecule has 1 saturated heterocycles. The van der Waals surface area contributed by atoms with Gasteiger partial charge in [0.05, 0.1) is 23.4 Å². The molecule has 1 atom stereocenters. The highest BCUT2D eigenvalue weighted by Crippen LogP contribution is 2.20. The molecule has 0 spiro atoms. The van der Waals surface area contributed by atoms with Gasteiger partial charge in [0.25, 0.3) is 5.91 Å². The van der Waals surface area contributed by atoms with E-state index >= 15 is 0 Å². The average Bonchev–Trinajstić information content (AvgIpc) is 2.99. The SMILES string of the molecule is Cc1noc(C)c1CN1CCN(C(=O)C[C@H]2NC(=O)c3ccccc3NC2=O)CC1. The summed E-state index contributed by atoms with van der Waals surface area (Å²) in [4.78, 5) is 41.7. The van der Waals surface area contributed by atoms with Crippen molar-refractivity contribution in [3.63, 3.8) is 0 Å². The molecule has 0 saturated carbocycles. The van der Waals surface area contributed by atoms with Gasteiger partial charge in [0, 0.05) is 38.3 Å². The maximum absolute atomic E-state index is 12.8. The number of benzene rings is 1. The Hall–Kier alpha value is -3.20. The monoisotopic (exact) mass is 411 g/mol. The number of anilines is 1. The lowest BCUT2D eigenvalue weighted by Crippen LogP contribution is -2.51. The van der Waals surface area contributed by atoms with Crippen LogP contribution >= 0.6 is 0 Å². The molecule has 1 aromatic carbocycles. The Morgan fingerprint density at radius 2 is 1.90 bits per heavy atom. The molecule has 4 rings (SSSR count). The summed E-state index contributed by atoms with van der Waals surface area (Å²) in [5, 5.41) is 9.40. The number of aromatic nitrogens is 1. The summed E-state index contributed by atoms with van der Waals surface area (Å²) in [7, 11) is 0. The van der Waals surface area contributed by atoms with Crippen molar-refractivity contribution in [2.75, 3.05) is 31.5 Å². The Morgan fingerprint density at radius 1 is 1.17 bits per heavy atom. The summed E-state index contributed by atoms with van der Waals surface area (Å²) in [6.45, 7) is 7.17. The molecule has 3 heterocycles. The summed E-state index contributed by atoms with van der Waals surface area (Å²) >= 11 is 0. The molecule has 2 aliphatic heterocycles. The predicted octanol–water partition coefficient (Wildman–Crippen LogP) is 1.08. The van der Waals surface area contributed by atoms with Crippen molar-refractivity contribution in [2.24, 2.45) is 0 Å². The number of nitrogens with zero attached hydrogens (tertiary/aromatic N) is 3. The minimum absolute atomic E-state index is 0.0601. The van der Waals surface area contributed by atoms with Crippen LogP contribution in [-0.2, 0) is 16.1 Å². The number of rotatable bonds is 4. The molecule has 0 bridgehead atoms. The van der Waals surface area contributed by atoms with Crippen LogP contribution < -0.4 is 10.6 Å². The number of carbonyl (C=O) groups excluding carboxylic acids is 3. The molecule has 0 radical (unpaired) electrons. The van der Waals surface area contributed by atoms with Crippen molar-refractivity contribution in [2.45, 2.75) is 32.9 Å². The lowest BCUT2D eigenvalue weighted by Gasteiger charge is -2.35. The maximum Gasteiger partial charge on any atom is 0.254 e. The van der Waals surface area contributed by atoms with Gasteiger partial charge < -0.3 is 20.1 Å². The Morgan fingerprint density at radius 3 is 2.60 bits per heavy atom. The van der Waals surface area contributed by atoms with Crippen molar-refractivity contribution < 1.29 is 18.9 Å². The molecule has 2 aliphatic rings. The summed E-state index contributed by atoms with van der Waals surface area (Å²) in [6, 6.07) is 5.92. The van der Waals surface area contributed by atoms with Gasteiger partial charge in [-0.05, 0) is 26.0 Å². The van der Waals surface area contributed by atoms with Gasteiger partial charge in [-0.3, -0.25) is 19.3 Å². The lowest BCUT2D eigenvalue weighted by molar-refractivity contribution is -0.135. The Balaban J connectivity index is 1.33. The van der Waals surface area contributed by atoms with Crippen LogP contribution in [0.5, 0.6) is 0 Å². The van der Waals surface area contributed by atoms with Crippen LogP contribution in [0.1, 0.15) is 33.8 Å². The normalized spacial score (nSPS) is 19.7. The first kappa shape index (κ1) is 20.1. The number of para-hydroxylation sites is 1. The molecule has 0 aliphatic carbocycles. The van der Waals surface area contributed by atoms with Gasteiger partial charge >= 0.3 is 0 Å². The van der Waals surface area contributed by atoms with Crippen LogP contribution in [0.4, 0.5) is 5.69 Å². The molecule has 2 aromatic rings. The van der Waals surface area contributed by atoms with E-state index in [0.29, 0.717) is 24.3 Å². The van der Waals surface area contributed by atoms with Gasteiger partial charge in [-0.15, -0.1) is 0 Å². The predicted molar refractivity (Wildman–Crippen MR) is 109 cm³/mol. The summed E-state index contributed by atoms with van der Waals surface area (Å²) in [5.74, 6) is -0.0507. The average molecular weight is 411 g/mol. The van der Waals surface area contributed by atoms with Crippen molar-refractivity contribution in [1.29, 1.82) is 0 Å². The molecule has 9 nitrogen and oxygen atoms in total. The first-order valence-corrected chi connectivity index (χ1v) is 10.0. The Labute approximate surface area is 174 Å². The fraction of sp³-hybridized carbons (Fsp3) is 0.429. The van der Waals surface area contributed by atoms with Gasteiger partial charge in [-0.25, -0.2) is 0 Å². The van der Waals surface area contributed by atoms with E-state index in [1.54, 1.807) is 29.2 Å². The second kappa shape index (κ2) is 8.27. The van der Waals surface area contributed by atoms with Crippen LogP contribution in [0.3, 0.4) is 0 Å². The van der Waals surface area contributed by atoms with Gasteiger partial charge in [0.1, 0.15) is 11.8 Å². The molecule has 1 fully saturated rings. The third kappa shape index (κ3) is 4.06. The van der Waals surface area contributed by atoms with E-state index in [1.165, 1.54) is 0 Å². The zero-order valence-corrected chi connectivity index (χ0v) is 17.1. The highest BCUT2D eigenvalue weighted by atomic mass is 16.5. The number of amides is 3. The number of nitrogens with one attached hydrogen (secondary N) is 2. The number of hydrogen-bond acceptors (Lipinski definition) is 6. The largest absolute Gasteiger partial charge is 0.361 e. The zero-order chi connectivity index (χ0) is 21.3. The van der Waals surface area contributed by atoms with Crippen molar-refractivity contribution in [3.8, 4) is 0 Å². The van der Waals surface area contributed by atoms with E-state index in [0.717, 1.165) is 36.7 Å². The molecule has 158 valence electrons. The van der Waals surface area contributed by atoms with E-state index in [9.17, 15) is 14.4 Å². The first-order chi connectivity index (χ1) is 14.4. The smallest absolute Gasteiger partial charge is 0.254 e. The van der Waals surface area contributed by atoms with E-state index in [-0.39, 0.29) is 24.1 Å². The van der Waals surface area contributed by atoms with Crippen molar-refractivity contribution in [1.82, 2.24) is 20.3 Å². The second-order valence-electron chi connectivity index (χ2n) is 7.72. The van der Waals surface area contributed by atoms with Gasteiger partial charge in [-0.2, -0.15) is 0 Å². The summed E-state index contributed by atoms with van der Waals surface area (Å²) < 4.78 is 5.22. The van der Waals surface area contributed by atoms with Gasteiger partial charge in [0.2, 0.25) is 11.8 Å². The van der Waals surface area contributed by atoms with Crippen LogP contribution in [0.15, 0.2) is 28.8 Å². The molecular weight excluding hydrogens is 386 g/mol. The third-order valence-corrected chi connectivity index (χ3v) is 5.72. The topological polar surface area (TPSA) is 108 Å². The van der Waals surface area contributed by atoms with Crippen LogP contribution in [-0.4, -0.2) is 64.9 Å². The Bertz CT molecular complexity index is 958. The van der Waals surface area contributed by atoms with E-state index in [4.69, 9.17) is 4.52 Å². The molecule has 2 N–H and O–H groups in total. The van der Waals surface area contributed by atoms with Crippen LogP contribution in [0.25, 0.3) is 0 Å². The number of fused-ring (bicyclic) bond motifs is 1. The fourth-order valence-corrected chi connectivity index (χ4v) is 3.87. The third-order valence-electron chi connectivity index (χ3n) is 5.72. The lowest BCUT2D eigenvalue weighted by atomic mass is 10.1.